The molecule has 5 unspecified atom stereocenters. The first kappa shape index (κ1) is 23.0. The van der Waals surface area contributed by atoms with Crippen LogP contribution in [0.5, 0.6) is 0 Å². The molecule has 9 atom stereocenters. The highest BCUT2D eigenvalue weighted by atomic mass is 19.1. The highest BCUT2D eigenvalue weighted by Gasteiger charge is 2.46. The van der Waals surface area contributed by atoms with Gasteiger partial charge in [0.05, 0.1) is 6.04 Å². The van der Waals surface area contributed by atoms with Crippen molar-refractivity contribution in [1.82, 2.24) is 20.4 Å². The predicted octanol–water partition coefficient (Wildman–Crippen LogP) is 2.47. The number of piperazine rings is 1. The zero-order valence-corrected chi connectivity index (χ0v) is 19.6. The molecule has 2 aliphatic heterocycles. The van der Waals surface area contributed by atoms with E-state index in [4.69, 9.17) is 0 Å². The Kier molecular flexibility index (Phi) is 6.92. The molecule has 2 N–H and O–H groups in total. The molecule has 0 aromatic heterocycles. The lowest BCUT2D eigenvalue weighted by Crippen LogP contribution is -2.61. The summed E-state index contributed by atoms with van der Waals surface area (Å²) in [6, 6.07) is 0.960. The predicted molar refractivity (Wildman–Crippen MR) is 119 cm³/mol. The summed E-state index contributed by atoms with van der Waals surface area (Å²) in [5.41, 5.74) is 0. The van der Waals surface area contributed by atoms with Gasteiger partial charge in [-0.25, -0.2) is 4.39 Å². The van der Waals surface area contributed by atoms with Crippen LogP contribution in [0.25, 0.3) is 0 Å². The summed E-state index contributed by atoms with van der Waals surface area (Å²) in [6.45, 7) is 9.91. The molecule has 2 aliphatic carbocycles. The van der Waals surface area contributed by atoms with Gasteiger partial charge in [-0.05, 0) is 64.7 Å². The van der Waals surface area contributed by atoms with Crippen molar-refractivity contribution in [2.75, 3.05) is 13.1 Å². The Morgan fingerprint density at radius 1 is 1.00 bits per heavy atom. The molecule has 4 rings (SSSR count). The highest BCUT2D eigenvalue weighted by molar-refractivity contribution is 5.82. The third-order valence-electron chi connectivity index (χ3n) is 8.47. The smallest absolute Gasteiger partial charge is 0.237 e. The molecule has 31 heavy (non-hydrogen) atoms. The van der Waals surface area contributed by atoms with E-state index < -0.39 is 6.17 Å². The lowest BCUT2D eigenvalue weighted by atomic mass is 9.77. The zero-order valence-electron chi connectivity index (χ0n) is 19.6. The summed E-state index contributed by atoms with van der Waals surface area (Å²) in [5.74, 6) is 0.635. The molecule has 2 saturated carbocycles. The third-order valence-corrected chi connectivity index (χ3v) is 8.47. The summed E-state index contributed by atoms with van der Waals surface area (Å²) >= 11 is 0. The van der Waals surface area contributed by atoms with Crippen molar-refractivity contribution in [3.63, 3.8) is 0 Å². The minimum Gasteiger partial charge on any atom is -0.352 e. The third kappa shape index (κ3) is 4.77. The van der Waals surface area contributed by atoms with E-state index in [1.807, 2.05) is 4.90 Å². The van der Waals surface area contributed by atoms with Crippen molar-refractivity contribution in [1.29, 1.82) is 0 Å². The minimum atomic E-state index is -0.775. The van der Waals surface area contributed by atoms with Gasteiger partial charge < -0.3 is 15.5 Å². The van der Waals surface area contributed by atoms with Gasteiger partial charge in [0.2, 0.25) is 11.8 Å². The quantitative estimate of drug-likeness (QED) is 0.713. The molecule has 2 amide bonds. The average Bonchev–Trinajstić information content (AvgIpc) is 3.17. The van der Waals surface area contributed by atoms with Gasteiger partial charge in [0, 0.05) is 56.1 Å². The SMILES string of the molecule is CC(=O)N1[C@H](C)CN([C@@H]2CCC[C@@H](NC(=O)C3CC4C(F)CCC(C)C4N3)C2)C[C@H]1C. The molecule has 4 aliphatic rings. The van der Waals surface area contributed by atoms with E-state index in [0.29, 0.717) is 24.8 Å². The van der Waals surface area contributed by atoms with Gasteiger partial charge in [0.25, 0.3) is 0 Å². The van der Waals surface area contributed by atoms with Gasteiger partial charge in [0.15, 0.2) is 0 Å². The minimum absolute atomic E-state index is 0.0147. The van der Waals surface area contributed by atoms with Crippen molar-refractivity contribution in [3.05, 3.63) is 0 Å². The molecular weight excluding hydrogens is 395 g/mol. The number of carbonyl (C=O) groups excluding carboxylic acids is 2. The van der Waals surface area contributed by atoms with Crippen LogP contribution in [0.1, 0.15) is 72.6 Å². The second kappa shape index (κ2) is 9.34. The maximum atomic E-state index is 14.4. The van der Waals surface area contributed by atoms with Crippen LogP contribution in [-0.4, -0.2) is 77.1 Å². The number of carbonyl (C=O) groups is 2. The van der Waals surface area contributed by atoms with E-state index in [2.05, 4.69) is 36.3 Å². The van der Waals surface area contributed by atoms with Crippen molar-refractivity contribution in [2.45, 2.75) is 115 Å². The Hall–Kier alpha value is -1.21. The number of nitrogens with one attached hydrogen (secondary N) is 2. The first-order valence-corrected chi connectivity index (χ1v) is 12.5. The van der Waals surface area contributed by atoms with Crippen molar-refractivity contribution < 1.29 is 14.0 Å². The second-order valence-corrected chi connectivity index (χ2v) is 10.8. The molecule has 4 fully saturated rings. The Morgan fingerprint density at radius 2 is 1.71 bits per heavy atom. The van der Waals surface area contributed by atoms with Crippen LogP contribution in [0.2, 0.25) is 0 Å². The standard InChI is InChI=1S/C24H41FN4O2/c1-14-8-9-21(25)20-11-22(27-23(14)20)24(31)26-18-6-5-7-19(10-18)28-12-15(2)29(17(4)30)16(3)13-28/h14-16,18-23,27H,5-13H2,1-4H3,(H,26,31)/t14?,15-,16-,18-,19-,20?,21?,22?,23?/m1/s1. The van der Waals surface area contributed by atoms with E-state index >= 15 is 0 Å². The zero-order chi connectivity index (χ0) is 22.3. The molecule has 2 saturated heterocycles. The largest absolute Gasteiger partial charge is 0.352 e. The molecule has 0 aromatic rings. The number of nitrogens with zero attached hydrogens (tertiary/aromatic N) is 2. The Bertz CT molecular complexity index is 646. The van der Waals surface area contributed by atoms with Crippen LogP contribution in [0.15, 0.2) is 0 Å². The van der Waals surface area contributed by atoms with Gasteiger partial charge in [-0.3, -0.25) is 14.5 Å². The van der Waals surface area contributed by atoms with E-state index in [-0.39, 0.29) is 47.9 Å². The highest BCUT2D eigenvalue weighted by Crippen LogP contribution is 2.38. The number of halogens is 1. The van der Waals surface area contributed by atoms with E-state index in [9.17, 15) is 14.0 Å². The molecule has 0 radical (unpaired) electrons. The van der Waals surface area contributed by atoms with E-state index in [1.165, 1.54) is 0 Å². The van der Waals surface area contributed by atoms with Crippen LogP contribution in [-0.2, 0) is 9.59 Å². The number of hydrogen-bond acceptors (Lipinski definition) is 4. The number of hydrogen-bond donors (Lipinski definition) is 2. The van der Waals surface area contributed by atoms with Crippen LogP contribution in [0.3, 0.4) is 0 Å². The van der Waals surface area contributed by atoms with Crippen LogP contribution in [0.4, 0.5) is 4.39 Å². The van der Waals surface area contributed by atoms with Crippen molar-refractivity contribution >= 4 is 11.8 Å². The fourth-order valence-electron chi connectivity index (χ4n) is 7.01. The van der Waals surface area contributed by atoms with E-state index in [1.54, 1.807) is 6.92 Å². The first-order valence-electron chi connectivity index (χ1n) is 12.5. The Morgan fingerprint density at radius 3 is 2.35 bits per heavy atom. The maximum absolute atomic E-state index is 14.4. The first-order chi connectivity index (χ1) is 14.7. The molecule has 6 nitrogen and oxygen atoms in total. The van der Waals surface area contributed by atoms with Crippen LogP contribution >= 0.6 is 0 Å². The molecule has 176 valence electrons. The normalized spacial score (nSPS) is 44.0. The molecule has 7 heteroatoms. The Balaban J connectivity index is 1.31. The molecule has 0 bridgehead atoms. The molecule has 0 spiro atoms. The number of alkyl halides is 1. The summed E-state index contributed by atoms with van der Waals surface area (Å²) in [7, 11) is 0. The fourth-order valence-corrected chi connectivity index (χ4v) is 7.01. The van der Waals surface area contributed by atoms with Gasteiger partial charge >= 0.3 is 0 Å². The number of rotatable bonds is 3. The van der Waals surface area contributed by atoms with E-state index in [0.717, 1.165) is 45.2 Å². The Labute approximate surface area is 186 Å². The summed E-state index contributed by atoms with van der Waals surface area (Å²) in [5, 5.41) is 6.77. The maximum Gasteiger partial charge on any atom is 0.237 e. The molecular formula is C24H41FN4O2. The number of fused-ring (bicyclic) bond motifs is 1. The van der Waals surface area contributed by atoms with Gasteiger partial charge in [-0.2, -0.15) is 0 Å². The van der Waals surface area contributed by atoms with Gasteiger partial charge in [-0.15, -0.1) is 0 Å². The lowest BCUT2D eigenvalue weighted by molar-refractivity contribution is -0.137. The fraction of sp³-hybridized carbons (Fsp3) is 0.917. The monoisotopic (exact) mass is 436 g/mol. The summed E-state index contributed by atoms with van der Waals surface area (Å²) in [4.78, 5) is 29.5. The van der Waals surface area contributed by atoms with Crippen LogP contribution in [0, 0.1) is 11.8 Å². The molecule has 2 heterocycles. The van der Waals surface area contributed by atoms with Crippen LogP contribution < -0.4 is 10.6 Å². The van der Waals surface area contributed by atoms with Gasteiger partial charge in [-0.1, -0.05) is 6.92 Å². The summed E-state index contributed by atoms with van der Waals surface area (Å²) in [6.07, 6.45) is 5.63. The topological polar surface area (TPSA) is 64.7 Å². The lowest BCUT2D eigenvalue weighted by Gasteiger charge is -2.48. The number of amides is 2. The summed E-state index contributed by atoms with van der Waals surface area (Å²) < 4.78 is 14.4. The molecule has 0 aromatic carbocycles. The van der Waals surface area contributed by atoms with Crippen molar-refractivity contribution in [3.8, 4) is 0 Å². The van der Waals surface area contributed by atoms with Crippen molar-refractivity contribution in [2.24, 2.45) is 11.8 Å². The second-order valence-electron chi connectivity index (χ2n) is 10.8. The van der Waals surface area contributed by atoms with Gasteiger partial charge in [0.1, 0.15) is 6.17 Å². The average molecular weight is 437 g/mol.